The number of benzene rings is 1. The van der Waals surface area contributed by atoms with Crippen molar-refractivity contribution in [3.8, 4) is 5.75 Å². The molecule has 0 saturated heterocycles. The molecule has 3 rings (SSSR count). The Hall–Kier alpha value is -3.46. The molecule has 2 heterocycles. The molecule has 0 radical (unpaired) electrons. The van der Waals surface area contributed by atoms with E-state index in [1.165, 1.54) is 0 Å². The van der Waals surface area contributed by atoms with Crippen LogP contribution < -0.4 is 26.0 Å². The Labute approximate surface area is 193 Å². The van der Waals surface area contributed by atoms with Crippen molar-refractivity contribution in [3.63, 3.8) is 0 Å². The van der Waals surface area contributed by atoms with Gasteiger partial charge in [0, 0.05) is 6.20 Å². The van der Waals surface area contributed by atoms with Crippen LogP contribution in [0.2, 0.25) is 0 Å². The second-order valence-electron chi connectivity index (χ2n) is 8.43. The van der Waals surface area contributed by atoms with E-state index in [0.29, 0.717) is 18.0 Å². The van der Waals surface area contributed by atoms with Gasteiger partial charge in [-0.1, -0.05) is 38.1 Å². The van der Waals surface area contributed by atoms with E-state index in [9.17, 15) is 14.4 Å². The first-order valence-electron chi connectivity index (χ1n) is 11.0. The maximum atomic E-state index is 13.7. The molecule has 9 nitrogen and oxygen atoms in total. The van der Waals surface area contributed by atoms with Gasteiger partial charge in [-0.3, -0.25) is 9.59 Å². The lowest BCUT2D eigenvalue weighted by atomic mass is 9.90. The summed E-state index contributed by atoms with van der Waals surface area (Å²) in [5, 5.41) is 11.7. The largest absolute Gasteiger partial charge is 0.413 e. The quantitative estimate of drug-likeness (QED) is 0.457. The lowest BCUT2D eigenvalue weighted by Gasteiger charge is -2.30. The van der Waals surface area contributed by atoms with Gasteiger partial charge in [-0.05, 0) is 50.1 Å². The predicted molar refractivity (Wildman–Crippen MR) is 125 cm³/mol. The minimum Gasteiger partial charge on any atom is -0.410 e. The van der Waals surface area contributed by atoms with Crippen LogP contribution in [0.25, 0.3) is 0 Å². The van der Waals surface area contributed by atoms with Crippen molar-refractivity contribution in [2.75, 3.05) is 12.4 Å². The molecule has 0 fully saturated rings. The Kier molecular flexibility index (Phi) is 8.00. The molecule has 3 unspecified atom stereocenters. The highest BCUT2D eigenvalue weighted by molar-refractivity contribution is 5.96. The third-order valence-corrected chi connectivity index (χ3v) is 5.69. The van der Waals surface area contributed by atoms with Gasteiger partial charge in [0.15, 0.2) is 5.78 Å². The number of anilines is 1. The minimum absolute atomic E-state index is 0.193. The first-order chi connectivity index (χ1) is 15.8. The summed E-state index contributed by atoms with van der Waals surface area (Å²) in [7, 11) is 1.67. The molecule has 4 atom stereocenters. The van der Waals surface area contributed by atoms with E-state index in [2.05, 4.69) is 26.3 Å². The normalized spacial score (nSPS) is 17.3. The van der Waals surface area contributed by atoms with Crippen molar-refractivity contribution in [3.05, 3.63) is 54.2 Å². The van der Waals surface area contributed by atoms with E-state index in [-0.39, 0.29) is 17.6 Å². The molecule has 1 aromatic heterocycles. The second kappa shape index (κ2) is 10.9. The zero-order chi connectivity index (χ0) is 24.0. The van der Waals surface area contributed by atoms with E-state index in [1.54, 1.807) is 44.4 Å². The number of hydrogen-bond donors (Lipinski definition) is 4. The van der Waals surface area contributed by atoms with E-state index in [4.69, 9.17) is 4.74 Å². The lowest BCUT2D eigenvalue weighted by molar-refractivity contribution is -0.130. The number of ketones is 1. The summed E-state index contributed by atoms with van der Waals surface area (Å²) in [6.07, 6.45) is 1.41. The number of nitrogens with one attached hydrogen (secondary N) is 4. The van der Waals surface area contributed by atoms with Crippen molar-refractivity contribution in [1.82, 2.24) is 20.9 Å². The summed E-state index contributed by atoms with van der Waals surface area (Å²) >= 11 is 0. The monoisotopic (exact) mass is 453 g/mol. The Morgan fingerprint density at radius 3 is 2.42 bits per heavy atom. The second-order valence-corrected chi connectivity index (χ2v) is 8.43. The third-order valence-electron chi connectivity index (χ3n) is 5.69. The number of fused-ring (bicyclic) bond motifs is 1. The van der Waals surface area contributed by atoms with Crippen LogP contribution in [0.3, 0.4) is 0 Å². The molecule has 1 aromatic carbocycles. The van der Waals surface area contributed by atoms with Crippen molar-refractivity contribution in [2.24, 2.45) is 5.92 Å². The molecular weight excluding hydrogens is 422 g/mol. The molecule has 0 aliphatic carbocycles. The molecule has 2 amide bonds. The number of hydrogen-bond acceptors (Lipinski definition) is 7. The number of para-hydroxylation sites is 1. The molecule has 1 aliphatic rings. The number of amides is 2. The van der Waals surface area contributed by atoms with Gasteiger partial charge in [0.25, 0.3) is 0 Å². The van der Waals surface area contributed by atoms with Crippen molar-refractivity contribution >= 4 is 23.6 Å². The SMILES string of the molecule is CNC(C)C(=O)NC(C(=O)[C@@H](NC(=O)Oc1ccccc1)C1Cc2cccnc2N1)C(C)C. The molecule has 0 saturated carbocycles. The first-order valence-corrected chi connectivity index (χ1v) is 11.0. The number of carbonyl (C=O) groups excluding carboxylic acids is 3. The van der Waals surface area contributed by atoms with E-state index in [0.717, 1.165) is 5.56 Å². The molecular formula is C24H31N5O4. The molecule has 2 aromatic rings. The molecule has 0 bridgehead atoms. The van der Waals surface area contributed by atoms with E-state index < -0.39 is 30.3 Å². The molecule has 9 heteroatoms. The summed E-state index contributed by atoms with van der Waals surface area (Å²) in [4.78, 5) is 43.2. The fourth-order valence-electron chi connectivity index (χ4n) is 3.69. The molecule has 176 valence electrons. The highest BCUT2D eigenvalue weighted by Crippen LogP contribution is 2.26. The average molecular weight is 454 g/mol. The Morgan fingerprint density at radius 2 is 1.79 bits per heavy atom. The number of ether oxygens (including phenoxy) is 1. The zero-order valence-electron chi connectivity index (χ0n) is 19.3. The summed E-state index contributed by atoms with van der Waals surface area (Å²) in [6.45, 7) is 5.42. The summed E-state index contributed by atoms with van der Waals surface area (Å²) in [5.74, 6) is 0.243. The van der Waals surface area contributed by atoms with Crippen LogP contribution in [0.5, 0.6) is 5.75 Å². The van der Waals surface area contributed by atoms with Gasteiger partial charge in [-0.25, -0.2) is 9.78 Å². The number of rotatable bonds is 9. The zero-order valence-corrected chi connectivity index (χ0v) is 19.3. The number of aromatic nitrogens is 1. The average Bonchev–Trinajstić information content (AvgIpc) is 3.24. The standard InChI is InChI=1S/C24H31N5O4/c1-14(2)19(28-23(31)15(3)25-4)21(30)20(18-13-16-9-8-12-26-22(16)27-18)29-24(32)33-17-10-6-5-7-11-17/h5-12,14-15,18-20,25H,13H2,1-4H3,(H,26,27)(H,28,31)(H,29,32)/t15?,18?,19?,20-/m0/s1. The van der Waals surface area contributed by atoms with Crippen LogP contribution in [0, 0.1) is 5.92 Å². The van der Waals surface area contributed by atoms with Gasteiger partial charge in [0.05, 0.1) is 18.1 Å². The van der Waals surface area contributed by atoms with Crippen molar-refractivity contribution < 1.29 is 19.1 Å². The number of likely N-dealkylation sites (N-methyl/N-ethyl adjacent to an activating group) is 1. The van der Waals surface area contributed by atoms with Crippen LogP contribution in [0.1, 0.15) is 26.3 Å². The summed E-state index contributed by atoms with van der Waals surface area (Å²) in [6, 6.07) is 9.71. The minimum atomic E-state index is -0.951. The van der Waals surface area contributed by atoms with Gasteiger partial charge >= 0.3 is 6.09 Å². The highest BCUT2D eigenvalue weighted by Gasteiger charge is 2.40. The number of pyridine rings is 1. The van der Waals surface area contributed by atoms with Crippen molar-refractivity contribution in [1.29, 1.82) is 0 Å². The predicted octanol–water partition coefficient (Wildman–Crippen LogP) is 1.89. The van der Waals surface area contributed by atoms with Gasteiger partial charge in [0.2, 0.25) is 5.91 Å². The maximum Gasteiger partial charge on any atom is 0.413 e. The number of nitrogens with zero attached hydrogens (tertiary/aromatic N) is 1. The van der Waals surface area contributed by atoms with Gasteiger partial charge in [-0.2, -0.15) is 0 Å². The van der Waals surface area contributed by atoms with Crippen LogP contribution in [0.4, 0.5) is 10.6 Å². The van der Waals surface area contributed by atoms with Crippen LogP contribution in [-0.2, 0) is 16.0 Å². The first kappa shape index (κ1) is 24.2. The van der Waals surface area contributed by atoms with Crippen LogP contribution in [-0.4, -0.2) is 54.0 Å². The molecule has 0 spiro atoms. The molecule has 4 N–H and O–H groups in total. The molecule has 1 aliphatic heterocycles. The van der Waals surface area contributed by atoms with Crippen molar-refractivity contribution in [2.45, 2.75) is 51.4 Å². The smallest absolute Gasteiger partial charge is 0.410 e. The van der Waals surface area contributed by atoms with Crippen LogP contribution >= 0.6 is 0 Å². The fraction of sp³-hybridized carbons (Fsp3) is 0.417. The topological polar surface area (TPSA) is 121 Å². The van der Waals surface area contributed by atoms with Crippen LogP contribution in [0.15, 0.2) is 48.7 Å². The van der Waals surface area contributed by atoms with E-state index >= 15 is 0 Å². The number of Topliss-reactive ketones (excluding diaryl/α,β-unsaturated/α-hetero) is 1. The Morgan fingerprint density at radius 1 is 1.06 bits per heavy atom. The highest BCUT2D eigenvalue weighted by atomic mass is 16.6. The molecule has 33 heavy (non-hydrogen) atoms. The lowest BCUT2D eigenvalue weighted by Crippen LogP contribution is -2.60. The summed E-state index contributed by atoms with van der Waals surface area (Å²) in [5.41, 5.74) is 0.951. The van der Waals surface area contributed by atoms with Gasteiger partial charge in [-0.15, -0.1) is 0 Å². The van der Waals surface area contributed by atoms with E-state index in [1.807, 2.05) is 32.0 Å². The maximum absolute atomic E-state index is 13.7. The number of carbonyl (C=O) groups is 3. The fourth-order valence-corrected chi connectivity index (χ4v) is 3.69. The third kappa shape index (κ3) is 6.07. The Bertz CT molecular complexity index is 957. The van der Waals surface area contributed by atoms with Gasteiger partial charge < -0.3 is 26.0 Å². The Balaban J connectivity index is 1.82. The summed E-state index contributed by atoms with van der Waals surface area (Å²) < 4.78 is 5.37. The van der Waals surface area contributed by atoms with Gasteiger partial charge in [0.1, 0.15) is 17.6 Å².